The molecule has 0 aliphatic rings. The summed E-state index contributed by atoms with van der Waals surface area (Å²) in [6, 6.07) is 14.6. The van der Waals surface area contributed by atoms with E-state index in [1.807, 2.05) is 30.3 Å². The summed E-state index contributed by atoms with van der Waals surface area (Å²) in [4.78, 5) is 39.6. The van der Waals surface area contributed by atoms with Crippen molar-refractivity contribution in [3.8, 4) is 5.75 Å². The number of esters is 1. The lowest BCUT2D eigenvalue weighted by molar-refractivity contribution is -0.150. The van der Waals surface area contributed by atoms with Crippen molar-refractivity contribution in [1.29, 1.82) is 0 Å². The molecular weight excluding hydrogens is 424 g/mol. The first kappa shape index (κ1) is 25.7. The SMILES string of the molecule is CCOC(=O)CN(Cc1ccccc1)C(=O)C(Cc1ccc(O)cc1)NC(=O)OC(C)(C)C. The molecule has 8 nitrogen and oxygen atoms in total. The summed E-state index contributed by atoms with van der Waals surface area (Å²) in [6.07, 6.45) is -0.595. The van der Waals surface area contributed by atoms with E-state index in [9.17, 15) is 19.5 Å². The molecule has 8 heteroatoms. The van der Waals surface area contributed by atoms with E-state index in [4.69, 9.17) is 9.47 Å². The Labute approximate surface area is 194 Å². The van der Waals surface area contributed by atoms with Crippen LogP contribution in [0.1, 0.15) is 38.8 Å². The molecule has 0 heterocycles. The Hall–Kier alpha value is -3.55. The molecule has 0 radical (unpaired) electrons. The van der Waals surface area contributed by atoms with Crippen molar-refractivity contribution < 1.29 is 29.0 Å². The average molecular weight is 457 g/mol. The number of hydrogen-bond donors (Lipinski definition) is 2. The topological polar surface area (TPSA) is 105 Å². The predicted octanol–water partition coefficient (Wildman–Crippen LogP) is 3.42. The molecule has 1 atom stereocenters. The summed E-state index contributed by atoms with van der Waals surface area (Å²) in [7, 11) is 0. The van der Waals surface area contributed by atoms with Crippen LogP contribution in [0.5, 0.6) is 5.75 Å². The molecule has 0 saturated carbocycles. The second-order valence-corrected chi connectivity index (χ2v) is 8.55. The average Bonchev–Trinajstić information content (AvgIpc) is 2.73. The first-order chi connectivity index (χ1) is 15.6. The smallest absolute Gasteiger partial charge is 0.408 e. The van der Waals surface area contributed by atoms with Gasteiger partial charge in [0, 0.05) is 13.0 Å². The molecule has 2 aromatic carbocycles. The zero-order chi connectivity index (χ0) is 24.4. The molecule has 33 heavy (non-hydrogen) atoms. The van der Waals surface area contributed by atoms with Gasteiger partial charge in [0.05, 0.1) is 6.61 Å². The highest BCUT2D eigenvalue weighted by molar-refractivity contribution is 5.88. The van der Waals surface area contributed by atoms with Gasteiger partial charge in [-0.2, -0.15) is 0 Å². The zero-order valence-corrected chi connectivity index (χ0v) is 19.5. The second-order valence-electron chi connectivity index (χ2n) is 8.55. The maximum Gasteiger partial charge on any atom is 0.408 e. The van der Waals surface area contributed by atoms with Gasteiger partial charge in [0.25, 0.3) is 0 Å². The minimum atomic E-state index is -0.998. The summed E-state index contributed by atoms with van der Waals surface area (Å²) >= 11 is 0. The Kier molecular flexibility index (Phi) is 9.27. The van der Waals surface area contributed by atoms with E-state index in [1.165, 1.54) is 17.0 Å². The molecule has 1 unspecified atom stereocenters. The van der Waals surface area contributed by atoms with Crippen molar-refractivity contribution in [3.05, 3.63) is 65.7 Å². The number of amides is 2. The molecule has 2 N–H and O–H groups in total. The van der Waals surface area contributed by atoms with E-state index >= 15 is 0 Å². The van der Waals surface area contributed by atoms with Crippen LogP contribution in [0.15, 0.2) is 54.6 Å². The Morgan fingerprint density at radius 1 is 1.00 bits per heavy atom. The van der Waals surface area contributed by atoms with E-state index in [0.29, 0.717) is 0 Å². The van der Waals surface area contributed by atoms with E-state index < -0.39 is 29.6 Å². The molecule has 178 valence electrons. The molecular formula is C25H32N2O6. The highest BCUT2D eigenvalue weighted by Gasteiger charge is 2.30. The third-order valence-corrected chi connectivity index (χ3v) is 4.52. The lowest BCUT2D eigenvalue weighted by atomic mass is 10.0. The maximum atomic E-state index is 13.6. The minimum Gasteiger partial charge on any atom is -0.508 e. The van der Waals surface area contributed by atoms with Gasteiger partial charge in [0.2, 0.25) is 5.91 Å². The zero-order valence-electron chi connectivity index (χ0n) is 19.5. The van der Waals surface area contributed by atoms with Gasteiger partial charge in [-0.05, 0) is 51.0 Å². The van der Waals surface area contributed by atoms with E-state index in [2.05, 4.69) is 5.32 Å². The molecule has 0 saturated heterocycles. The van der Waals surface area contributed by atoms with Gasteiger partial charge in [-0.3, -0.25) is 9.59 Å². The first-order valence-corrected chi connectivity index (χ1v) is 10.8. The van der Waals surface area contributed by atoms with Crippen LogP contribution in [-0.4, -0.2) is 52.8 Å². The third kappa shape index (κ3) is 9.22. The molecule has 0 spiro atoms. The van der Waals surface area contributed by atoms with E-state index in [0.717, 1.165) is 11.1 Å². The highest BCUT2D eigenvalue weighted by atomic mass is 16.6. The van der Waals surface area contributed by atoms with Gasteiger partial charge in [0.1, 0.15) is 23.9 Å². The quantitative estimate of drug-likeness (QED) is 0.560. The van der Waals surface area contributed by atoms with E-state index in [1.54, 1.807) is 39.8 Å². The summed E-state index contributed by atoms with van der Waals surface area (Å²) in [5.41, 5.74) is 0.805. The highest BCUT2D eigenvalue weighted by Crippen LogP contribution is 2.15. The van der Waals surface area contributed by atoms with Gasteiger partial charge < -0.3 is 24.8 Å². The van der Waals surface area contributed by atoms with Crippen LogP contribution in [0.3, 0.4) is 0 Å². The monoisotopic (exact) mass is 456 g/mol. The van der Waals surface area contributed by atoms with Crippen molar-refractivity contribution in [3.63, 3.8) is 0 Å². The van der Waals surface area contributed by atoms with Gasteiger partial charge >= 0.3 is 12.1 Å². The molecule has 0 aromatic heterocycles. The number of nitrogens with zero attached hydrogens (tertiary/aromatic N) is 1. The Morgan fingerprint density at radius 3 is 2.21 bits per heavy atom. The van der Waals surface area contributed by atoms with Crippen molar-refractivity contribution in [2.45, 2.75) is 52.3 Å². The number of benzene rings is 2. The predicted molar refractivity (Wildman–Crippen MR) is 123 cm³/mol. The fraction of sp³-hybridized carbons (Fsp3) is 0.400. The third-order valence-electron chi connectivity index (χ3n) is 4.52. The number of aromatic hydroxyl groups is 1. The number of ether oxygens (including phenoxy) is 2. The number of carbonyl (C=O) groups excluding carboxylic acids is 3. The van der Waals surface area contributed by atoms with Crippen LogP contribution in [0.4, 0.5) is 4.79 Å². The van der Waals surface area contributed by atoms with Gasteiger partial charge in [-0.25, -0.2) is 4.79 Å². The number of hydrogen-bond acceptors (Lipinski definition) is 6. The van der Waals surface area contributed by atoms with Gasteiger partial charge in [-0.15, -0.1) is 0 Å². The van der Waals surface area contributed by atoms with Crippen LogP contribution in [0.2, 0.25) is 0 Å². The Balaban J connectivity index is 2.30. The van der Waals surface area contributed by atoms with Crippen molar-refractivity contribution in [1.82, 2.24) is 10.2 Å². The Morgan fingerprint density at radius 2 is 1.64 bits per heavy atom. The normalized spacial score (nSPS) is 11.9. The number of alkyl carbamates (subject to hydrolysis) is 1. The summed E-state index contributed by atoms with van der Waals surface area (Å²) in [5.74, 6) is -0.900. The van der Waals surface area contributed by atoms with Crippen molar-refractivity contribution in [2.75, 3.05) is 13.2 Å². The fourth-order valence-electron chi connectivity index (χ4n) is 3.12. The number of nitrogens with one attached hydrogen (secondary N) is 1. The van der Waals surface area contributed by atoms with Crippen molar-refractivity contribution >= 4 is 18.0 Å². The van der Waals surface area contributed by atoms with Crippen molar-refractivity contribution in [2.24, 2.45) is 0 Å². The first-order valence-electron chi connectivity index (χ1n) is 10.8. The molecule has 2 amide bonds. The molecule has 0 fully saturated rings. The minimum absolute atomic E-state index is 0.0924. The van der Waals surface area contributed by atoms with Crippen LogP contribution in [0, 0.1) is 0 Å². The lowest BCUT2D eigenvalue weighted by Gasteiger charge is -2.28. The molecule has 2 aromatic rings. The molecule has 0 aliphatic heterocycles. The summed E-state index contributed by atoms with van der Waals surface area (Å²) in [5, 5.41) is 12.2. The summed E-state index contributed by atoms with van der Waals surface area (Å²) in [6.45, 7) is 6.98. The number of rotatable bonds is 9. The standard InChI is InChI=1S/C25H32N2O6/c1-5-32-22(29)17-27(16-19-9-7-6-8-10-19)23(30)21(26-24(31)33-25(2,3)4)15-18-11-13-20(28)14-12-18/h6-14,21,28H,5,15-17H2,1-4H3,(H,26,31). The van der Waals surface area contributed by atoms with Crippen LogP contribution in [-0.2, 0) is 32.0 Å². The van der Waals surface area contributed by atoms with Crippen LogP contribution in [0.25, 0.3) is 0 Å². The number of phenols is 1. The number of phenolic OH excluding ortho intramolecular Hbond substituents is 1. The molecule has 0 bridgehead atoms. The lowest BCUT2D eigenvalue weighted by Crippen LogP contribution is -2.51. The second kappa shape index (κ2) is 11.9. The van der Waals surface area contributed by atoms with Crippen LogP contribution >= 0.6 is 0 Å². The largest absolute Gasteiger partial charge is 0.508 e. The van der Waals surface area contributed by atoms with Crippen LogP contribution < -0.4 is 5.32 Å². The van der Waals surface area contributed by atoms with Gasteiger partial charge in [-0.1, -0.05) is 42.5 Å². The fourth-order valence-corrected chi connectivity index (χ4v) is 3.12. The Bertz CT molecular complexity index is 922. The summed E-state index contributed by atoms with van der Waals surface area (Å²) < 4.78 is 10.4. The van der Waals surface area contributed by atoms with E-state index in [-0.39, 0.29) is 31.9 Å². The number of carbonyl (C=O) groups is 3. The molecule has 0 aliphatic carbocycles. The molecule has 2 rings (SSSR count). The maximum absolute atomic E-state index is 13.6. The van der Waals surface area contributed by atoms with Gasteiger partial charge in [0.15, 0.2) is 0 Å².